The fourth-order valence-corrected chi connectivity index (χ4v) is 3.70. The van der Waals surface area contributed by atoms with Gasteiger partial charge in [-0.2, -0.15) is 0 Å². The van der Waals surface area contributed by atoms with Crippen LogP contribution in [0.5, 0.6) is 0 Å². The third-order valence-corrected chi connectivity index (χ3v) is 5.58. The third kappa shape index (κ3) is 2.79. The Morgan fingerprint density at radius 3 is 2.32 bits per heavy atom. The van der Waals surface area contributed by atoms with Gasteiger partial charge in [-0.1, -0.05) is 18.2 Å². The van der Waals surface area contributed by atoms with Crippen LogP contribution in [-0.4, -0.2) is 38.4 Å². The highest BCUT2D eigenvalue weighted by molar-refractivity contribution is 7.92. The van der Waals surface area contributed by atoms with Gasteiger partial charge >= 0.3 is 0 Å². The molecule has 0 saturated carbocycles. The van der Waals surface area contributed by atoms with Crippen LogP contribution in [-0.2, 0) is 14.6 Å². The van der Waals surface area contributed by atoms with Crippen molar-refractivity contribution < 1.29 is 13.2 Å². The number of hydrogen-bond donors (Lipinski definition) is 2. The fraction of sp³-hybridized carbons (Fsp3) is 0.462. The topological polar surface area (TPSA) is 75.3 Å². The molecule has 1 saturated heterocycles. The molecule has 0 radical (unpaired) electrons. The number of carbonyl (C=O) groups is 1. The van der Waals surface area contributed by atoms with Crippen LogP contribution in [0.4, 0.5) is 5.69 Å². The Labute approximate surface area is 113 Å². The van der Waals surface area contributed by atoms with E-state index in [-0.39, 0.29) is 0 Å². The third-order valence-electron chi connectivity index (χ3n) is 3.57. The van der Waals surface area contributed by atoms with Crippen molar-refractivity contribution in [1.82, 2.24) is 5.32 Å². The first-order chi connectivity index (χ1) is 8.96. The smallest absolute Gasteiger partial charge is 0.245 e. The predicted molar refractivity (Wildman–Crippen MR) is 74.8 cm³/mol. The lowest BCUT2D eigenvalue weighted by Gasteiger charge is -2.34. The minimum absolute atomic E-state index is 0.310. The van der Waals surface area contributed by atoms with Gasteiger partial charge in [-0.05, 0) is 38.1 Å². The maximum atomic E-state index is 12.4. The summed E-state index contributed by atoms with van der Waals surface area (Å²) in [5.74, 6) is -0.428. The number of anilines is 1. The predicted octanol–water partition coefficient (Wildman–Crippen LogP) is 0.792. The normalized spacial score (nSPS) is 18.8. The van der Waals surface area contributed by atoms with Crippen molar-refractivity contribution in [3.05, 3.63) is 30.3 Å². The summed E-state index contributed by atoms with van der Waals surface area (Å²) in [6, 6.07) is 8.92. The van der Waals surface area contributed by atoms with Crippen LogP contribution in [0.15, 0.2) is 30.3 Å². The van der Waals surface area contributed by atoms with E-state index in [1.54, 1.807) is 24.3 Å². The van der Waals surface area contributed by atoms with Crippen LogP contribution in [0.2, 0.25) is 0 Å². The molecule has 5 nitrogen and oxygen atoms in total. The number of amides is 1. The highest BCUT2D eigenvalue weighted by Crippen LogP contribution is 2.29. The number of sulfone groups is 1. The molecule has 0 aromatic heterocycles. The summed E-state index contributed by atoms with van der Waals surface area (Å²) in [6.07, 6.45) is 1.76. The molecule has 2 N–H and O–H groups in total. The van der Waals surface area contributed by atoms with E-state index in [4.69, 9.17) is 0 Å². The lowest BCUT2D eigenvalue weighted by molar-refractivity contribution is -0.119. The molecule has 1 amide bonds. The zero-order valence-electron chi connectivity index (χ0n) is 10.8. The maximum Gasteiger partial charge on any atom is 0.245 e. The van der Waals surface area contributed by atoms with Crippen molar-refractivity contribution >= 4 is 21.4 Å². The molecule has 0 unspecified atom stereocenters. The fourth-order valence-electron chi connectivity index (χ4n) is 2.36. The maximum absolute atomic E-state index is 12.4. The van der Waals surface area contributed by atoms with E-state index in [0.29, 0.717) is 31.6 Å². The second-order valence-electron chi connectivity index (χ2n) is 4.84. The van der Waals surface area contributed by atoms with E-state index >= 15 is 0 Å². The van der Waals surface area contributed by atoms with Crippen molar-refractivity contribution in [1.29, 1.82) is 0 Å². The monoisotopic (exact) mass is 282 g/mol. The van der Waals surface area contributed by atoms with E-state index < -0.39 is 20.5 Å². The Bertz CT molecular complexity index is 549. The van der Waals surface area contributed by atoms with E-state index in [9.17, 15) is 13.2 Å². The number of para-hydroxylation sites is 1. The molecular formula is C13H18N2O3S. The van der Waals surface area contributed by atoms with Crippen molar-refractivity contribution in [2.45, 2.75) is 17.6 Å². The first-order valence-corrected chi connectivity index (χ1v) is 8.12. The molecule has 1 aliphatic heterocycles. The SMILES string of the molecule is CS(=O)(=O)C1(C(=O)Nc2ccccc2)CCNCC1. The Morgan fingerprint density at radius 1 is 1.21 bits per heavy atom. The summed E-state index contributed by atoms with van der Waals surface area (Å²) < 4.78 is 22.8. The van der Waals surface area contributed by atoms with Gasteiger partial charge in [-0.25, -0.2) is 8.42 Å². The zero-order chi connectivity index (χ0) is 13.9. The van der Waals surface area contributed by atoms with Crippen LogP contribution >= 0.6 is 0 Å². The summed E-state index contributed by atoms with van der Waals surface area (Å²) in [5.41, 5.74) is 0.619. The average Bonchev–Trinajstić information content (AvgIpc) is 2.39. The number of benzene rings is 1. The number of nitrogens with one attached hydrogen (secondary N) is 2. The molecule has 2 rings (SSSR count). The molecule has 0 atom stereocenters. The number of carbonyl (C=O) groups excluding carboxylic acids is 1. The van der Waals surface area contributed by atoms with Crippen molar-refractivity contribution in [3.8, 4) is 0 Å². The number of piperidine rings is 1. The first kappa shape index (κ1) is 14.0. The molecule has 0 spiro atoms. The highest BCUT2D eigenvalue weighted by Gasteiger charge is 2.48. The lowest BCUT2D eigenvalue weighted by atomic mass is 9.95. The Kier molecular flexibility index (Phi) is 3.91. The molecule has 1 heterocycles. The molecule has 6 heteroatoms. The van der Waals surface area contributed by atoms with Gasteiger partial charge in [0.15, 0.2) is 14.6 Å². The Balaban J connectivity index is 2.27. The molecule has 1 aromatic carbocycles. The van der Waals surface area contributed by atoms with Crippen LogP contribution in [0.1, 0.15) is 12.8 Å². The van der Waals surface area contributed by atoms with E-state index in [0.717, 1.165) is 6.26 Å². The molecule has 19 heavy (non-hydrogen) atoms. The molecule has 0 bridgehead atoms. The summed E-state index contributed by atoms with van der Waals surface area (Å²) >= 11 is 0. The number of rotatable bonds is 3. The van der Waals surface area contributed by atoms with Crippen molar-refractivity contribution in [2.75, 3.05) is 24.7 Å². The quantitative estimate of drug-likeness (QED) is 0.859. The van der Waals surface area contributed by atoms with Gasteiger partial charge in [0, 0.05) is 11.9 Å². The van der Waals surface area contributed by atoms with Gasteiger partial charge in [0.25, 0.3) is 0 Å². The molecular weight excluding hydrogens is 264 g/mol. The molecule has 1 aromatic rings. The van der Waals surface area contributed by atoms with Gasteiger partial charge < -0.3 is 10.6 Å². The van der Waals surface area contributed by atoms with Gasteiger partial charge in [-0.3, -0.25) is 4.79 Å². The Morgan fingerprint density at radius 2 is 1.79 bits per heavy atom. The van der Waals surface area contributed by atoms with Gasteiger partial charge in [-0.15, -0.1) is 0 Å². The second-order valence-corrected chi connectivity index (χ2v) is 7.16. The summed E-state index contributed by atoms with van der Waals surface area (Å²) in [4.78, 5) is 12.4. The van der Waals surface area contributed by atoms with Crippen molar-refractivity contribution in [3.63, 3.8) is 0 Å². The van der Waals surface area contributed by atoms with Crippen LogP contribution in [0.3, 0.4) is 0 Å². The molecule has 104 valence electrons. The van der Waals surface area contributed by atoms with E-state index in [1.165, 1.54) is 0 Å². The van der Waals surface area contributed by atoms with Gasteiger partial charge in [0.05, 0.1) is 0 Å². The molecule has 1 aliphatic rings. The molecule has 0 aliphatic carbocycles. The first-order valence-electron chi connectivity index (χ1n) is 6.22. The summed E-state index contributed by atoms with van der Waals surface area (Å²) in [5, 5.41) is 5.80. The minimum atomic E-state index is -3.46. The minimum Gasteiger partial charge on any atom is -0.325 e. The van der Waals surface area contributed by atoms with Crippen LogP contribution in [0.25, 0.3) is 0 Å². The van der Waals surface area contributed by atoms with E-state index in [1.807, 2.05) is 6.07 Å². The zero-order valence-corrected chi connectivity index (χ0v) is 11.7. The average molecular weight is 282 g/mol. The van der Waals surface area contributed by atoms with Crippen LogP contribution < -0.4 is 10.6 Å². The van der Waals surface area contributed by atoms with Crippen molar-refractivity contribution in [2.24, 2.45) is 0 Å². The Hall–Kier alpha value is -1.40. The highest BCUT2D eigenvalue weighted by atomic mass is 32.2. The summed E-state index contributed by atoms with van der Waals surface area (Å²) in [6.45, 7) is 1.07. The van der Waals surface area contributed by atoms with Crippen LogP contribution in [0, 0.1) is 0 Å². The van der Waals surface area contributed by atoms with E-state index in [2.05, 4.69) is 10.6 Å². The van der Waals surface area contributed by atoms with Gasteiger partial charge in [0.1, 0.15) is 0 Å². The standard InChI is InChI=1S/C13H18N2O3S/c1-19(17,18)13(7-9-14-10-8-13)12(16)15-11-5-3-2-4-6-11/h2-6,14H,7-10H2,1H3,(H,15,16). The van der Waals surface area contributed by atoms with Gasteiger partial charge in [0.2, 0.25) is 5.91 Å². The lowest BCUT2D eigenvalue weighted by Crippen LogP contribution is -2.55. The second kappa shape index (κ2) is 5.30. The largest absolute Gasteiger partial charge is 0.325 e. The summed E-state index contributed by atoms with van der Waals surface area (Å²) in [7, 11) is -3.46. The molecule has 1 fully saturated rings. The number of hydrogen-bond acceptors (Lipinski definition) is 4.